The van der Waals surface area contributed by atoms with E-state index in [9.17, 15) is 17.6 Å². The van der Waals surface area contributed by atoms with E-state index in [0.29, 0.717) is 16.6 Å². The SMILES string of the molecule is CC(C)(C)c1ccccc1OCc1cccc(-c2c3cccc(C(F)(F)F)c3nn2Cc2ccc(Cl)cc2F)c1. The summed E-state index contributed by atoms with van der Waals surface area (Å²) in [6.45, 7) is 6.51. The summed E-state index contributed by atoms with van der Waals surface area (Å²) < 4.78 is 64.0. The number of aromatic nitrogens is 2. The van der Waals surface area contributed by atoms with Crippen LogP contribution < -0.4 is 4.74 Å². The highest BCUT2D eigenvalue weighted by Gasteiger charge is 2.34. The van der Waals surface area contributed by atoms with Gasteiger partial charge in [-0.05, 0) is 46.9 Å². The van der Waals surface area contributed by atoms with Gasteiger partial charge in [0.25, 0.3) is 0 Å². The molecule has 0 spiro atoms. The monoisotopic (exact) mass is 566 g/mol. The third kappa shape index (κ3) is 5.70. The first-order valence-electron chi connectivity index (χ1n) is 12.7. The highest BCUT2D eigenvalue weighted by molar-refractivity contribution is 6.30. The predicted molar refractivity (Wildman–Crippen MR) is 150 cm³/mol. The maximum atomic E-state index is 14.7. The average molecular weight is 567 g/mol. The molecule has 0 aliphatic rings. The van der Waals surface area contributed by atoms with Crippen LogP contribution in [0.5, 0.6) is 5.75 Å². The van der Waals surface area contributed by atoms with E-state index in [1.54, 1.807) is 12.1 Å². The second-order valence-electron chi connectivity index (χ2n) is 10.7. The van der Waals surface area contributed by atoms with Crippen molar-refractivity contribution < 1.29 is 22.3 Å². The maximum Gasteiger partial charge on any atom is 0.418 e. The molecule has 8 heteroatoms. The van der Waals surface area contributed by atoms with Gasteiger partial charge in [-0.3, -0.25) is 4.68 Å². The minimum Gasteiger partial charge on any atom is -0.489 e. The summed E-state index contributed by atoms with van der Waals surface area (Å²) >= 11 is 5.91. The van der Waals surface area contributed by atoms with E-state index in [0.717, 1.165) is 22.9 Å². The predicted octanol–water partition coefficient (Wildman–Crippen LogP) is 9.44. The Kier molecular flexibility index (Phi) is 7.36. The van der Waals surface area contributed by atoms with Crippen LogP contribution in [0.1, 0.15) is 43.0 Å². The molecule has 1 heterocycles. The molecule has 0 fully saturated rings. The van der Waals surface area contributed by atoms with E-state index >= 15 is 0 Å². The molecule has 1 aromatic heterocycles. The van der Waals surface area contributed by atoms with Crippen LogP contribution in [0.2, 0.25) is 5.02 Å². The van der Waals surface area contributed by atoms with Gasteiger partial charge in [-0.25, -0.2) is 4.39 Å². The van der Waals surface area contributed by atoms with Gasteiger partial charge in [0.05, 0.1) is 17.8 Å². The lowest BCUT2D eigenvalue weighted by Gasteiger charge is -2.22. The highest BCUT2D eigenvalue weighted by Crippen LogP contribution is 2.39. The molecule has 0 atom stereocenters. The molecule has 4 aromatic carbocycles. The van der Waals surface area contributed by atoms with Crippen LogP contribution in [0.25, 0.3) is 22.2 Å². The van der Waals surface area contributed by atoms with E-state index in [1.165, 1.54) is 28.9 Å². The molecule has 0 saturated heterocycles. The summed E-state index contributed by atoms with van der Waals surface area (Å²) in [7, 11) is 0. The Morgan fingerprint density at radius 2 is 1.57 bits per heavy atom. The van der Waals surface area contributed by atoms with E-state index in [4.69, 9.17) is 16.3 Å². The summed E-state index contributed by atoms with van der Waals surface area (Å²) in [6, 6.07) is 23.4. The fourth-order valence-corrected chi connectivity index (χ4v) is 4.95. The van der Waals surface area contributed by atoms with Crippen LogP contribution in [-0.4, -0.2) is 9.78 Å². The number of benzene rings is 4. The zero-order chi connectivity index (χ0) is 28.7. The van der Waals surface area contributed by atoms with Crippen molar-refractivity contribution in [3.05, 3.63) is 118 Å². The van der Waals surface area contributed by atoms with Crippen molar-refractivity contribution in [1.82, 2.24) is 9.78 Å². The molecular formula is C32H27ClF4N2O. The number of hydrogen-bond donors (Lipinski definition) is 0. The van der Waals surface area contributed by atoms with Gasteiger partial charge in [0, 0.05) is 21.5 Å². The molecule has 5 rings (SSSR count). The van der Waals surface area contributed by atoms with Gasteiger partial charge in [-0.1, -0.05) is 87.0 Å². The number of ether oxygens (including phenoxy) is 1. The largest absolute Gasteiger partial charge is 0.489 e. The van der Waals surface area contributed by atoms with Crippen LogP contribution in [-0.2, 0) is 24.7 Å². The Hall–Kier alpha value is -3.84. The third-order valence-corrected chi connectivity index (χ3v) is 6.94. The lowest BCUT2D eigenvalue weighted by Crippen LogP contribution is -2.13. The second kappa shape index (κ2) is 10.6. The molecule has 5 aromatic rings. The number of alkyl halides is 3. The first kappa shape index (κ1) is 27.7. The molecule has 0 unspecified atom stereocenters. The Balaban J connectivity index is 1.58. The second-order valence-corrected chi connectivity index (χ2v) is 11.1. The highest BCUT2D eigenvalue weighted by atomic mass is 35.5. The topological polar surface area (TPSA) is 27.1 Å². The van der Waals surface area contributed by atoms with Gasteiger partial charge in [-0.2, -0.15) is 18.3 Å². The van der Waals surface area contributed by atoms with Crippen LogP contribution in [0.4, 0.5) is 17.6 Å². The van der Waals surface area contributed by atoms with E-state index in [-0.39, 0.29) is 34.7 Å². The Morgan fingerprint density at radius 3 is 2.30 bits per heavy atom. The molecule has 0 radical (unpaired) electrons. The molecule has 0 aliphatic heterocycles. The Labute approximate surface area is 235 Å². The number of para-hydroxylation sites is 1. The van der Waals surface area contributed by atoms with Crippen molar-refractivity contribution in [2.45, 2.75) is 45.5 Å². The van der Waals surface area contributed by atoms with Crippen molar-refractivity contribution in [2.75, 3.05) is 0 Å². The molecule has 206 valence electrons. The van der Waals surface area contributed by atoms with Crippen molar-refractivity contribution >= 4 is 22.5 Å². The van der Waals surface area contributed by atoms with Crippen LogP contribution in [0.15, 0.2) is 84.9 Å². The van der Waals surface area contributed by atoms with Crippen molar-refractivity contribution in [3.8, 4) is 17.0 Å². The van der Waals surface area contributed by atoms with Crippen LogP contribution >= 0.6 is 11.6 Å². The number of rotatable bonds is 6. The summed E-state index contributed by atoms with van der Waals surface area (Å²) in [4.78, 5) is 0. The number of fused-ring (bicyclic) bond motifs is 1. The lowest BCUT2D eigenvalue weighted by atomic mass is 9.86. The number of hydrogen-bond acceptors (Lipinski definition) is 2. The molecule has 0 N–H and O–H groups in total. The smallest absolute Gasteiger partial charge is 0.418 e. The van der Waals surface area contributed by atoms with Gasteiger partial charge in [-0.15, -0.1) is 0 Å². The summed E-state index contributed by atoms with van der Waals surface area (Å²) in [6.07, 6.45) is -4.60. The summed E-state index contributed by atoms with van der Waals surface area (Å²) in [5, 5.41) is 4.89. The number of nitrogens with zero attached hydrogens (tertiary/aromatic N) is 2. The minimum atomic E-state index is -4.60. The molecule has 40 heavy (non-hydrogen) atoms. The number of halogens is 5. The molecule has 0 aliphatic carbocycles. The van der Waals surface area contributed by atoms with Gasteiger partial charge >= 0.3 is 6.18 Å². The Morgan fingerprint density at radius 1 is 0.850 bits per heavy atom. The maximum absolute atomic E-state index is 14.7. The van der Waals surface area contributed by atoms with Gasteiger partial charge < -0.3 is 4.74 Å². The molecular weight excluding hydrogens is 540 g/mol. The van der Waals surface area contributed by atoms with Crippen molar-refractivity contribution in [3.63, 3.8) is 0 Å². The van der Waals surface area contributed by atoms with Gasteiger partial charge in [0.2, 0.25) is 0 Å². The third-order valence-electron chi connectivity index (χ3n) is 6.70. The van der Waals surface area contributed by atoms with E-state index in [1.807, 2.05) is 42.5 Å². The summed E-state index contributed by atoms with van der Waals surface area (Å²) in [5.41, 5.74) is 2.09. The standard InChI is InChI=1S/C32H27ClF4N2O/c1-31(2,3)25-11-4-5-13-28(25)40-19-20-8-6-9-21(16-20)30-24-10-7-12-26(32(35,36)37)29(24)38-39(30)18-22-14-15-23(33)17-27(22)34/h4-17H,18-19H2,1-3H3. The van der Waals surface area contributed by atoms with Crippen molar-refractivity contribution in [1.29, 1.82) is 0 Å². The molecule has 3 nitrogen and oxygen atoms in total. The summed E-state index contributed by atoms with van der Waals surface area (Å²) in [5.74, 6) is 0.206. The minimum absolute atomic E-state index is 0.0794. The molecule has 0 bridgehead atoms. The zero-order valence-electron chi connectivity index (χ0n) is 22.2. The Bertz CT molecular complexity index is 1690. The fraction of sp³-hybridized carbons (Fsp3) is 0.219. The normalized spacial score (nSPS) is 12.2. The zero-order valence-corrected chi connectivity index (χ0v) is 22.9. The quantitative estimate of drug-likeness (QED) is 0.191. The van der Waals surface area contributed by atoms with Gasteiger partial charge in [0.15, 0.2) is 0 Å². The first-order valence-corrected chi connectivity index (χ1v) is 13.1. The fourth-order valence-electron chi connectivity index (χ4n) is 4.79. The van der Waals surface area contributed by atoms with Crippen LogP contribution in [0, 0.1) is 5.82 Å². The average Bonchev–Trinajstić information content (AvgIpc) is 3.26. The lowest BCUT2D eigenvalue weighted by molar-refractivity contribution is -0.136. The molecule has 0 amide bonds. The van der Waals surface area contributed by atoms with Gasteiger partial charge in [0.1, 0.15) is 23.7 Å². The van der Waals surface area contributed by atoms with E-state index in [2.05, 4.69) is 25.9 Å². The van der Waals surface area contributed by atoms with E-state index < -0.39 is 17.6 Å². The van der Waals surface area contributed by atoms with Crippen LogP contribution in [0.3, 0.4) is 0 Å². The first-order chi connectivity index (χ1) is 18.9. The molecule has 0 saturated carbocycles. The van der Waals surface area contributed by atoms with Crippen molar-refractivity contribution in [2.24, 2.45) is 0 Å².